The number of nitrogens with two attached hydrogens (primary N) is 1. The summed E-state index contributed by atoms with van der Waals surface area (Å²) in [5.74, 6) is 5.79. The van der Waals surface area contributed by atoms with Gasteiger partial charge in [0.05, 0.1) is 0 Å². The summed E-state index contributed by atoms with van der Waals surface area (Å²) in [6, 6.07) is 7.60. The number of halogens is 1. The fourth-order valence-corrected chi connectivity index (χ4v) is 2.56. The van der Waals surface area contributed by atoms with Crippen LogP contribution in [0, 0.1) is 5.82 Å². The zero-order valence-corrected chi connectivity index (χ0v) is 10.2. The maximum atomic E-state index is 13.4. The third-order valence-corrected chi connectivity index (χ3v) is 3.61. The molecule has 0 bridgehead atoms. The number of benzene rings is 1. The normalized spacial score (nSPS) is 20.9. The molecule has 17 heavy (non-hydrogen) atoms. The van der Waals surface area contributed by atoms with Gasteiger partial charge in [0.2, 0.25) is 0 Å². The van der Waals surface area contributed by atoms with Crippen LogP contribution in [0.3, 0.4) is 0 Å². The molecule has 2 nitrogen and oxygen atoms in total. The third-order valence-electron chi connectivity index (χ3n) is 3.61. The molecule has 1 aliphatic rings. The average Bonchev–Trinajstić information content (AvgIpc) is 2.73. The summed E-state index contributed by atoms with van der Waals surface area (Å²) in [7, 11) is 0. The number of nitrogens with zero attached hydrogens (tertiary/aromatic N) is 1. The van der Waals surface area contributed by atoms with Crippen molar-refractivity contribution in [3.05, 3.63) is 35.6 Å². The lowest BCUT2D eigenvalue weighted by Crippen LogP contribution is -2.35. The standard InChI is InChI=1S/C14H21FN2/c15-14-10-4-2-7-12(14)6-1-3-8-13-9-5-11-17(13)16/h2,4,7,10,13H,1,3,5-6,8-9,11,16H2. The Morgan fingerprint density at radius 2 is 2.12 bits per heavy atom. The van der Waals surface area contributed by atoms with Crippen molar-refractivity contribution in [3.63, 3.8) is 0 Å². The molecule has 0 saturated carbocycles. The van der Waals surface area contributed by atoms with Crippen LogP contribution in [-0.4, -0.2) is 17.6 Å². The van der Waals surface area contributed by atoms with Crippen molar-refractivity contribution in [2.75, 3.05) is 6.54 Å². The van der Waals surface area contributed by atoms with Gasteiger partial charge in [-0.2, -0.15) is 0 Å². The van der Waals surface area contributed by atoms with Gasteiger partial charge < -0.3 is 0 Å². The van der Waals surface area contributed by atoms with E-state index in [0.29, 0.717) is 6.04 Å². The lowest BCUT2D eigenvalue weighted by molar-refractivity contribution is 0.246. The lowest BCUT2D eigenvalue weighted by atomic mass is 10.0. The Morgan fingerprint density at radius 1 is 1.29 bits per heavy atom. The van der Waals surface area contributed by atoms with E-state index < -0.39 is 0 Å². The molecule has 1 aromatic rings. The van der Waals surface area contributed by atoms with E-state index in [1.165, 1.54) is 18.9 Å². The molecule has 1 saturated heterocycles. The first-order valence-corrected chi connectivity index (χ1v) is 6.52. The molecule has 1 unspecified atom stereocenters. The molecule has 1 atom stereocenters. The number of unbranched alkanes of at least 4 members (excludes halogenated alkanes) is 1. The molecular weight excluding hydrogens is 215 g/mol. The van der Waals surface area contributed by atoms with Crippen LogP contribution in [0.2, 0.25) is 0 Å². The number of hydrazine groups is 1. The first kappa shape index (κ1) is 12.5. The zero-order chi connectivity index (χ0) is 12.1. The smallest absolute Gasteiger partial charge is 0.126 e. The molecule has 0 aromatic heterocycles. The van der Waals surface area contributed by atoms with Crippen molar-refractivity contribution in [2.45, 2.75) is 44.6 Å². The Hall–Kier alpha value is -0.930. The Morgan fingerprint density at radius 3 is 2.82 bits per heavy atom. The number of hydrogen-bond acceptors (Lipinski definition) is 2. The zero-order valence-electron chi connectivity index (χ0n) is 10.2. The molecule has 3 heteroatoms. The fourth-order valence-electron chi connectivity index (χ4n) is 2.56. The monoisotopic (exact) mass is 236 g/mol. The van der Waals surface area contributed by atoms with Gasteiger partial charge in [-0.25, -0.2) is 9.40 Å². The van der Waals surface area contributed by atoms with Crippen LogP contribution in [0.1, 0.15) is 37.7 Å². The molecule has 0 radical (unpaired) electrons. The van der Waals surface area contributed by atoms with E-state index >= 15 is 0 Å². The van der Waals surface area contributed by atoms with Gasteiger partial charge in [0, 0.05) is 12.6 Å². The van der Waals surface area contributed by atoms with Crippen molar-refractivity contribution in [1.82, 2.24) is 5.01 Å². The van der Waals surface area contributed by atoms with Gasteiger partial charge in [-0.05, 0) is 43.7 Å². The summed E-state index contributed by atoms with van der Waals surface area (Å²) in [5.41, 5.74) is 0.837. The Kier molecular flexibility index (Phi) is 4.51. The Labute approximate surface area is 103 Å². The van der Waals surface area contributed by atoms with Crippen molar-refractivity contribution in [2.24, 2.45) is 5.84 Å². The van der Waals surface area contributed by atoms with E-state index in [1.807, 2.05) is 17.1 Å². The second-order valence-electron chi connectivity index (χ2n) is 4.87. The number of aryl methyl sites for hydroxylation is 1. The SMILES string of the molecule is NN1CCCC1CCCCc1ccccc1F. The molecule has 2 rings (SSSR count). The van der Waals surface area contributed by atoms with Crippen molar-refractivity contribution in [3.8, 4) is 0 Å². The van der Waals surface area contributed by atoms with E-state index in [4.69, 9.17) is 5.84 Å². The largest absolute Gasteiger partial charge is 0.269 e. The van der Waals surface area contributed by atoms with Crippen LogP contribution in [0.5, 0.6) is 0 Å². The van der Waals surface area contributed by atoms with Crippen LogP contribution in [0.4, 0.5) is 4.39 Å². The fraction of sp³-hybridized carbons (Fsp3) is 0.571. The highest BCUT2D eigenvalue weighted by atomic mass is 19.1. The first-order chi connectivity index (χ1) is 8.27. The van der Waals surface area contributed by atoms with Gasteiger partial charge in [-0.1, -0.05) is 24.6 Å². The van der Waals surface area contributed by atoms with Crippen LogP contribution in [-0.2, 0) is 6.42 Å². The molecule has 0 aliphatic carbocycles. The summed E-state index contributed by atoms with van der Waals surface area (Å²) in [4.78, 5) is 0. The predicted octanol–water partition coefficient (Wildman–Crippen LogP) is 2.88. The second-order valence-corrected chi connectivity index (χ2v) is 4.87. The van der Waals surface area contributed by atoms with E-state index in [1.54, 1.807) is 6.07 Å². The minimum Gasteiger partial charge on any atom is -0.269 e. The Bertz CT molecular complexity index is 354. The molecule has 2 N–H and O–H groups in total. The molecule has 0 spiro atoms. The maximum absolute atomic E-state index is 13.4. The molecule has 1 heterocycles. The summed E-state index contributed by atoms with van der Waals surface area (Å²) in [6.07, 6.45) is 6.59. The van der Waals surface area contributed by atoms with Crippen LogP contribution in [0.15, 0.2) is 24.3 Å². The first-order valence-electron chi connectivity index (χ1n) is 6.52. The highest BCUT2D eigenvalue weighted by molar-refractivity contribution is 5.17. The molecule has 1 aromatic carbocycles. The predicted molar refractivity (Wildman–Crippen MR) is 67.9 cm³/mol. The third kappa shape index (κ3) is 3.51. The van der Waals surface area contributed by atoms with Crippen LogP contribution < -0.4 is 5.84 Å². The van der Waals surface area contributed by atoms with Gasteiger partial charge in [-0.3, -0.25) is 5.84 Å². The quantitative estimate of drug-likeness (QED) is 0.629. The van der Waals surface area contributed by atoms with E-state index in [2.05, 4.69) is 0 Å². The summed E-state index contributed by atoms with van der Waals surface area (Å²) in [5, 5.41) is 1.96. The Balaban J connectivity index is 1.68. The van der Waals surface area contributed by atoms with Gasteiger partial charge in [0.1, 0.15) is 5.82 Å². The van der Waals surface area contributed by atoms with Gasteiger partial charge >= 0.3 is 0 Å². The second kappa shape index (κ2) is 6.12. The maximum Gasteiger partial charge on any atom is 0.126 e. The lowest BCUT2D eigenvalue weighted by Gasteiger charge is -2.18. The highest BCUT2D eigenvalue weighted by Gasteiger charge is 2.20. The van der Waals surface area contributed by atoms with Gasteiger partial charge in [0.15, 0.2) is 0 Å². The highest BCUT2D eigenvalue weighted by Crippen LogP contribution is 2.19. The average molecular weight is 236 g/mol. The number of hydrogen-bond donors (Lipinski definition) is 1. The van der Waals surface area contributed by atoms with E-state index in [-0.39, 0.29) is 5.82 Å². The summed E-state index contributed by atoms with van der Waals surface area (Å²) < 4.78 is 13.4. The summed E-state index contributed by atoms with van der Waals surface area (Å²) in [6.45, 7) is 1.03. The molecule has 1 fully saturated rings. The number of rotatable bonds is 5. The van der Waals surface area contributed by atoms with E-state index in [9.17, 15) is 4.39 Å². The minimum atomic E-state index is -0.0752. The minimum absolute atomic E-state index is 0.0752. The van der Waals surface area contributed by atoms with Crippen LogP contribution in [0.25, 0.3) is 0 Å². The van der Waals surface area contributed by atoms with Crippen molar-refractivity contribution < 1.29 is 4.39 Å². The van der Waals surface area contributed by atoms with Crippen molar-refractivity contribution in [1.29, 1.82) is 0 Å². The molecule has 94 valence electrons. The topological polar surface area (TPSA) is 29.3 Å². The molecule has 1 aliphatic heterocycles. The van der Waals surface area contributed by atoms with Gasteiger partial charge in [-0.15, -0.1) is 0 Å². The van der Waals surface area contributed by atoms with Crippen LogP contribution >= 0.6 is 0 Å². The molecule has 0 amide bonds. The van der Waals surface area contributed by atoms with Gasteiger partial charge in [0.25, 0.3) is 0 Å². The summed E-state index contributed by atoms with van der Waals surface area (Å²) >= 11 is 0. The van der Waals surface area contributed by atoms with E-state index in [0.717, 1.165) is 37.8 Å². The van der Waals surface area contributed by atoms with Crippen molar-refractivity contribution >= 4 is 0 Å². The molecular formula is C14H21FN2.